The van der Waals surface area contributed by atoms with Crippen molar-refractivity contribution in [3.63, 3.8) is 0 Å². The molecule has 0 saturated heterocycles. The van der Waals surface area contributed by atoms with Crippen molar-refractivity contribution in [1.29, 1.82) is 0 Å². The largest absolute Gasteiger partial charge is 0.312 e. The van der Waals surface area contributed by atoms with E-state index < -0.39 is 14.9 Å². The van der Waals surface area contributed by atoms with Crippen molar-refractivity contribution >= 4 is 44.7 Å². The number of hydrazine groups is 1. The molecule has 4 rings (SSSR count). The number of nitrogens with one attached hydrogen (secondary N) is 2. The lowest BCUT2D eigenvalue weighted by molar-refractivity contribution is -0.385. The van der Waals surface area contributed by atoms with Gasteiger partial charge in [0.1, 0.15) is 11.8 Å². The Bertz CT molecular complexity index is 1380. The molecule has 3 heterocycles. The predicted octanol–water partition coefficient (Wildman–Crippen LogP) is 2.06. The van der Waals surface area contributed by atoms with Crippen molar-refractivity contribution in [2.24, 2.45) is 5.84 Å². The number of nitrogens with zero attached hydrogens (tertiary/aromatic N) is 4. The molecule has 1 aromatic carbocycles. The van der Waals surface area contributed by atoms with E-state index in [1.807, 2.05) is 0 Å². The van der Waals surface area contributed by atoms with Crippen LogP contribution >= 0.6 is 11.6 Å². The Labute approximate surface area is 181 Å². The van der Waals surface area contributed by atoms with Gasteiger partial charge < -0.3 is 5.32 Å². The number of hydrogen-bond acceptors (Lipinski definition) is 7. The second-order valence-corrected chi connectivity index (χ2v) is 8.97. The predicted molar refractivity (Wildman–Crippen MR) is 116 cm³/mol. The lowest BCUT2D eigenvalue weighted by Gasteiger charge is -2.28. The molecule has 160 valence electrons. The Morgan fingerprint density at radius 3 is 2.84 bits per heavy atom. The summed E-state index contributed by atoms with van der Waals surface area (Å²) in [4.78, 5) is 16.3. The molecule has 1 unspecified atom stereocenters. The van der Waals surface area contributed by atoms with Crippen LogP contribution in [0.3, 0.4) is 0 Å². The van der Waals surface area contributed by atoms with Gasteiger partial charge in [0.15, 0.2) is 10.6 Å². The molecule has 0 saturated carbocycles. The molecular weight excluding hydrogens is 446 g/mol. The van der Waals surface area contributed by atoms with E-state index in [-0.39, 0.29) is 20.8 Å². The van der Waals surface area contributed by atoms with E-state index in [0.717, 1.165) is 6.07 Å². The van der Waals surface area contributed by atoms with E-state index in [2.05, 4.69) is 10.3 Å². The molecule has 0 amide bonds. The summed E-state index contributed by atoms with van der Waals surface area (Å²) in [5.74, 6) is 5.78. The summed E-state index contributed by atoms with van der Waals surface area (Å²) < 4.78 is 26.8. The molecule has 0 fully saturated rings. The second kappa shape index (κ2) is 7.44. The first-order valence-corrected chi connectivity index (χ1v) is 10.7. The molecule has 0 bridgehead atoms. The number of aromatic nitrogens is 2. The van der Waals surface area contributed by atoms with Crippen LogP contribution in [0.1, 0.15) is 5.69 Å². The van der Waals surface area contributed by atoms with E-state index >= 15 is 0 Å². The molecule has 13 heteroatoms. The Kier molecular flexibility index (Phi) is 5.03. The maximum atomic E-state index is 12.6. The van der Waals surface area contributed by atoms with Crippen LogP contribution in [-0.2, 0) is 10.0 Å². The van der Waals surface area contributed by atoms with Crippen LogP contribution in [0, 0.1) is 10.1 Å². The van der Waals surface area contributed by atoms with Gasteiger partial charge in [0.25, 0.3) is 15.7 Å². The number of pyridine rings is 1. The summed E-state index contributed by atoms with van der Waals surface area (Å²) in [6.07, 6.45) is 8.50. The number of nitrogens with two attached hydrogens (primary N) is 1. The lowest BCUT2D eigenvalue weighted by atomic mass is 10.2. The number of hydrogen-bond donors (Lipinski definition) is 3. The number of fused-ring (bicyclic) bond motifs is 1. The average Bonchev–Trinajstić information content (AvgIpc) is 3.31. The quantitative estimate of drug-likeness (QED) is 0.228. The van der Waals surface area contributed by atoms with E-state index in [9.17, 15) is 18.5 Å². The van der Waals surface area contributed by atoms with Gasteiger partial charge in [-0.3, -0.25) is 20.4 Å². The zero-order valence-electron chi connectivity index (χ0n) is 16.1. The fourth-order valence-corrected chi connectivity index (χ4v) is 4.47. The van der Waals surface area contributed by atoms with E-state index in [0.29, 0.717) is 22.2 Å². The topological polar surface area (TPSA) is 145 Å². The highest BCUT2D eigenvalue weighted by molar-refractivity contribution is 7.89. The zero-order chi connectivity index (χ0) is 22.4. The highest BCUT2D eigenvalue weighted by atomic mass is 35.5. The molecule has 0 spiro atoms. The molecular formula is C18H17ClN7O4S+. The number of sulfonamides is 1. The molecule has 3 aromatic rings. The van der Waals surface area contributed by atoms with E-state index in [4.69, 9.17) is 17.4 Å². The number of quaternary nitrogens is 1. The van der Waals surface area contributed by atoms with Crippen LogP contribution in [0.25, 0.3) is 11.7 Å². The molecule has 11 nitrogen and oxygen atoms in total. The molecule has 0 radical (unpaired) electrons. The standard InChI is InChI=1S/C18H17ClN7O4S/c1-26(15-4-3-13(25(27)28)8-16(15)31(29,30)23-20)7-6-21-18(26)9-14-10-22-17-5-2-12(19)11-24(14)17/h2-11,21,23H,20H2,1H3/q+1. The van der Waals surface area contributed by atoms with Gasteiger partial charge in [-0.25, -0.2) is 17.9 Å². The maximum absolute atomic E-state index is 12.6. The number of benzene rings is 1. The first-order valence-electron chi connectivity index (χ1n) is 8.82. The summed E-state index contributed by atoms with van der Waals surface area (Å²) >= 11 is 6.10. The van der Waals surface area contributed by atoms with Crippen molar-refractivity contribution < 1.29 is 13.3 Å². The third-order valence-electron chi connectivity index (χ3n) is 4.99. The monoisotopic (exact) mass is 462 g/mol. The summed E-state index contributed by atoms with van der Waals surface area (Å²) in [6, 6.07) is 7.10. The average molecular weight is 463 g/mol. The first-order chi connectivity index (χ1) is 14.7. The second-order valence-electron chi connectivity index (χ2n) is 6.85. The molecule has 2 aromatic heterocycles. The van der Waals surface area contributed by atoms with Gasteiger partial charge in [-0.15, -0.1) is 4.83 Å². The van der Waals surface area contributed by atoms with Gasteiger partial charge in [-0.05, 0) is 12.1 Å². The van der Waals surface area contributed by atoms with Crippen molar-refractivity contribution in [3.05, 3.63) is 81.8 Å². The molecule has 0 aliphatic carbocycles. The smallest absolute Gasteiger partial charge is 0.271 e. The minimum Gasteiger partial charge on any atom is -0.312 e. The van der Waals surface area contributed by atoms with Crippen LogP contribution in [0.4, 0.5) is 11.4 Å². The fraction of sp³-hybridized carbons (Fsp3) is 0.0556. The number of imidazole rings is 1. The number of nitro benzene ring substituents is 1. The van der Waals surface area contributed by atoms with E-state index in [1.54, 1.807) is 59.3 Å². The molecule has 31 heavy (non-hydrogen) atoms. The van der Waals surface area contributed by atoms with E-state index in [1.165, 1.54) is 12.1 Å². The Morgan fingerprint density at radius 2 is 2.13 bits per heavy atom. The molecule has 4 N–H and O–H groups in total. The Morgan fingerprint density at radius 1 is 1.35 bits per heavy atom. The van der Waals surface area contributed by atoms with Crippen LogP contribution in [0.15, 0.2) is 65.8 Å². The van der Waals surface area contributed by atoms with Crippen molar-refractivity contribution in [2.75, 3.05) is 7.05 Å². The molecule has 1 aliphatic heterocycles. The van der Waals surface area contributed by atoms with Crippen LogP contribution in [0.2, 0.25) is 5.02 Å². The van der Waals surface area contributed by atoms with Crippen molar-refractivity contribution in [1.82, 2.24) is 24.0 Å². The third kappa shape index (κ3) is 3.56. The Balaban J connectivity index is 1.90. The van der Waals surface area contributed by atoms with Crippen LogP contribution < -0.4 is 20.5 Å². The highest BCUT2D eigenvalue weighted by Crippen LogP contribution is 2.38. The fourth-order valence-electron chi connectivity index (χ4n) is 3.37. The number of rotatable bonds is 5. The van der Waals surface area contributed by atoms with Gasteiger partial charge in [0, 0.05) is 30.5 Å². The summed E-state index contributed by atoms with van der Waals surface area (Å²) in [5, 5.41) is 14.8. The summed E-state index contributed by atoms with van der Waals surface area (Å²) in [6.45, 7) is 0. The minimum atomic E-state index is -4.20. The van der Waals surface area contributed by atoms with Crippen LogP contribution in [0.5, 0.6) is 0 Å². The van der Waals surface area contributed by atoms with Gasteiger partial charge in [-0.1, -0.05) is 11.6 Å². The van der Waals surface area contributed by atoms with Crippen molar-refractivity contribution in [3.8, 4) is 0 Å². The zero-order valence-corrected chi connectivity index (χ0v) is 17.6. The minimum absolute atomic E-state index is 0.123. The SMILES string of the molecule is C[N+]1(c2ccc([N+](=O)[O-])cc2S(=O)(=O)NN)C=CNC1=Cc1cnc2ccc(Cl)cn12. The van der Waals surface area contributed by atoms with Gasteiger partial charge in [-0.2, -0.15) is 0 Å². The lowest BCUT2D eigenvalue weighted by Crippen LogP contribution is -2.41. The number of halogens is 1. The van der Waals surface area contributed by atoms with Crippen molar-refractivity contribution in [2.45, 2.75) is 4.90 Å². The van der Waals surface area contributed by atoms with Crippen LogP contribution in [-0.4, -0.2) is 29.8 Å². The number of nitro groups is 1. The van der Waals surface area contributed by atoms with Gasteiger partial charge >= 0.3 is 0 Å². The normalized spacial score (nSPS) is 19.8. The molecule has 1 atom stereocenters. The summed E-state index contributed by atoms with van der Waals surface area (Å²) in [5.41, 5.74) is 1.25. The third-order valence-corrected chi connectivity index (χ3v) is 6.43. The van der Waals surface area contributed by atoms with Gasteiger partial charge in [0.2, 0.25) is 5.82 Å². The van der Waals surface area contributed by atoms with Gasteiger partial charge in [0.05, 0.1) is 35.1 Å². The number of non-ortho nitro benzene ring substituents is 1. The highest BCUT2D eigenvalue weighted by Gasteiger charge is 2.39. The maximum Gasteiger partial charge on any atom is 0.271 e. The summed E-state index contributed by atoms with van der Waals surface area (Å²) in [7, 11) is -2.47. The first kappa shape index (κ1) is 21.0. The Hall–Kier alpha value is -3.29. The molecule has 1 aliphatic rings.